The first-order valence-corrected chi connectivity index (χ1v) is 10.9. The predicted octanol–water partition coefficient (Wildman–Crippen LogP) is 5.04. The Kier molecular flexibility index (Phi) is 5.52. The zero-order chi connectivity index (χ0) is 18.8. The van der Waals surface area contributed by atoms with Crippen molar-refractivity contribution in [3.63, 3.8) is 0 Å². The highest BCUT2D eigenvalue weighted by Crippen LogP contribution is 2.40. The maximum atomic E-state index is 12.6. The number of carbonyl (C=O) groups excluding carboxylic acids is 1. The Morgan fingerprint density at radius 2 is 2.15 bits per heavy atom. The molecule has 1 saturated carbocycles. The van der Waals surface area contributed by atoms with Crippen LogP contribution >= 0.6 is 34.7 Å². The summed E-state index contributed by atoms with van der Waals surface area (Å²) < 4.78 is 2.21. The predicted molar refractivity (Wildman–Crippen MR) is 111 cm³/mol. The summed E-state index contributed by atoms with van der Waals surface area (Å²) in [6.07, 6.45) is 3.06. The van der Waals surface area contributed by atoms with Gasteiger partial charge >= 0.3 is 0 Å². The highest BCUT2D eigenvalue weighted by molar-refractivity contribution is 8.00. The molecule has 1 aliphatic carbocycles. The zero-order valence-electron chi connectivity index (χ0n) is 14.8. The number of thioether (sulfide) groups is 1. The molecule has 4 rings (SSSR count). The molecule has 27 heavy (non-hydrogen) atoms. The lowest BCUT2D eigenvalue weighted by molar-refractivity contribution is -0.115. The van der Waals surface area contributed by atoms with Crippen LogP contribution in [0.15, 0.2) is 46.9 Å². The normalized spacial score (nSPS) is 14.9. The smallest absolute Gasteiger partial charge is 0.237 e. The van der Waals surface area contributed by atoms with E-state index >= 15 is 0 Å². The van der Waals surface area contributed by atoms with Crippen LogP contribution in [0.2, 0.25) is 5.02 Å². The fourth-order valence-electron chi connectivity index (χ4n) is 2.79. The minimum Gasteiger partial charge on any atom is -0.324 e. The number of thiophene rings is 1. The molecule has 0 spiro atoms. The van der Waals surface area contributed by atoms with Gasteiger partial charge in [-0.3, -0.25) is 4.79 Å². The van der Waals surface area contributed by atoms with Gasteiger partial charge in [-0.05, 0) is 43.3 Å². The standard InChI is InChI=1S/C19H19ClN4OS2/c1-12(18(25)21-16-7-3-2-6-15(16)20)27-19-23-22-17(24(19)13-8-9-13)11-14-5-4-10-26-14/h2-7,10,12-13H,8-9,11H2,1H3,(H,21,25)/t12-/m0/s1. The van der Waals surface area contributed by atoms with Crippen molar-refractivity contribution in [2.24, 2.45) is 0 Å². The minimum atomic E-state index is -0.308. The van der Waals surface area contributed by atoms with E-state index in [0.717, 1.165) is 30.2 Å². The number of rotatable bonds is 7. The van der Waals surface area contributed by atoms with Gasteiger partial charge < -0.3 is 9.88 Å². The SMILES string of the molecule is C[C@H](Sc1nnc(Cc2cccs2)n1C1CC1)C(=O)Nc1ccccc1Cl. The second-order valence-electron chi connectivity index (χ2n) is 6.49. The summed E-state index contributed by atoms with van der Waals surface area (Å²) >= 11 is 9.30. The summed E-state index contributed by atoms with van der Waals surface area (Å²) in [5, 5.41) is 14.8. The Morgan fingerprint density at radius 1 is 1.33 bits per heavy atom. The molecule has 0 radical (unpaired) electrons. The number of nitrogens with one attached hydrogen (secondary N) is 1. The van der Waals surface area contributed by atoms with E-state index in [1.807, 2.05) is 19.1 Å². The number of hydrogen-bond acceptors (Lipinski definition) is 5. The third-order valence-corrected chi connectivity index (χ3v) is 6.61. The molecule has 1 aliphatic rings. The van der Waals surface area contributed by atoms with Gasteiger partial charge in [0.2, 0.25) is 5.91 Å². The Morgan fingerprint density at radius 3 is 2.85 bits per heavy atom. The van der Waals surface area contributed by atoms with Crippen molar-refractivity contribution in [3.8, 4) is 0 Å². The first-order chi connectivity index (χ1) is 13.1. The molecule has 5 nitrogen and oxygen atoms in total. The minimum absolute atomic E-state index is 0.0988. The average molecular weight is 419 g/mol. The summed E-state index contributed by atoms with van der Waals surface area (Å²) in [7, 11) is 0. The Balaban J connectivity index is 1.48. The lowest BCUT2D eigenvalue weighted by atomic mass is 10.3. The van der Waals surface area contributed by atoms with E-state index in [2.05, 4.69) is 37.6 Å². The van der Waals surface area contributed by atoms with Crippen LogP contribution in [0.25, 0.3) is 0 Å². The van der Waals surface area contributed by atoms with Crippen molar-refractivity contribution in [1.29, 1.82) is 0 Å². The molecule has 1 amide bonds. The van der Waals surface area contributed by atoms with Crippen LogP contribution in [0.4, 0.5) is 5.69 Å². The van der Waals surface area contributed by atoms with Gasteiger partial charge in [0.1, 0.15) is 5.82 Å². The first kappa shape index (κ1) is 18.5. The van der Waals surface area contributed by atoms with Gasteiger partial charge in [0.25, 0.3) is 0 Å². The molecule has 1 fully saturated rings. The molecule has 1 aromatic carbocycles. The van der Waals surface area contributed by atoms with Gasteiger partial charge in [-0.15, -0.1) is 21.5 Å². The van der Waals surface area contributed by atoms with Crippen LogP contribution in [-0.2, 0) is 11.2 Å². The zero-order valence-corrected chi connectivity index (χ0v) is 17.2. The molecule has 8 heteroatoms. The summed E-state index contributed by atoms with van der Waals surface area (Å²) in [5.74, 6) is 0.874. The third-order valence-electron chi connectivity index (χ3n) is 4.34. The van der Waals surface area contributed by atoms with Gasteiger partial charge in [-0.25, -0.2) is 0 Å². The van der Waals surface area contributed by atoms with Gasteiger partial charge in [0.15, 0.2) is 5.16 Å². The van der Waals surface area contributed by atoms with Crippen molar-refractivity contribution in [3.05, 3.63) is 57.5 Å². The number of amides is 1. The molecular weight excluding hydrogens is 400 g/mol. The molecule has 0 bridgehead atoms. The van der Waals surface area contributed by atoms with Crippen LogP contribution in [0.1, 0.15) is 36.5 Å². The number of benzene rings is 1. The van der Waals surface area contributed by atoms with Crippen molar-refractivity contribution in [1.82, 2.24) is 14.8 Å². The molecule has 1 atom stereocenters. The second kappa shape index (κ2) is 8.04. The molecule has 140 valence electrons. The molecule has 2 heterocycles. The van der Waals surface area contributed by atoms with Gasteiger partial charge in [-0.1, -0.05) is 41.6 Å². The molecule has 3 aromatic rings. The molecule has 0 saturated heterocycles. The molecule has 0 unspecified atom stereocenters. The van der Waals surface area contributed by atoms with Crippen LogP contribution in [0, 0.1) is 0 Å². The Bertz CT molecular complexity index is 937. The second-order valence-corrected chi connectivity index (χ2v) is 9.23. The lowest BCUT2D eigenvalue weighted by Crippen LogP contribution is -2.23. The van der Waals surface area contributed by atoms with E-state index in [4.69, 9.17) is 11.6 Å². The van der Waals surface area contributed by atoms with Crippen molar-refractivity contribution < 1.29 is 4.79 Å². The summed E-state index contributed by atoms with van der Waals surface area (Å²) in [5.41, 5.74) is 0.624. The average Bonchev–Trinajstić information content (AvgIpc) is 3.21. The van der Waals surface area contributed by atoms with Crippen molar-refractivity contribution in [2.75, 3.05) is 5.32 Å². The molecular formula is C19H19ClN4OS2. The first-order valence-electron chi connectivity index (χ1n) is 8.80. The van der Waals surface area contributed by atoms with Gasteiger partial charge in [0.05, 0.1) is 16.0 Å². The summed E-state index contributed by atoms with van der Waals surface area (Å²) in [6, 6.07) is 11.9. The number of nitrogens with zero attached hydrogens (tertiary/aromatic N) is 3. The fourth-order valence-corrected chi connectivity index (χ4v) is 4.61. The van der Waals surface area contributed by atoms with E-state index < -0.39 is 0 Å². The van der Waals surface area contributed by atoms with Crippen molar-refractivity contribution in [2.45, 2.75) is 42.6 Å². The number of para-hydroxylation sites is 1. The fraction of sp³-hybridized carbons (Fsp3) is 0.316. The Labute approximate surface area is 171 Å². The van der Waals surface area contributed by atoms with Crippen LogP contribution in [-0.4, -0.2) is 25.9 Å². The quantitative estimate of drug-likeness (QED) is 0.546. The van der Waals surface area contributed by atoms with Crippen molar-refractivity contribution >= 4 is 46.3 Å². The number of anilines is 1. The number of hydrogen-bond donors (Lipinski definition) is 1. The third kappa shape index (κ3) is 4.36. The Hall–Kier alpha value is -1.83. The van der Waals surface area contributed by atoms with E-state index in [-0.39, 0.29) is 11.2 Å². The van der Waals surface area contributed by atoms with E-state index in [9.17, 15) is 4.79 Å². The van der Waals surface area contributed by atoms with E-state index in [1.54, 1.807) is 23.5 Å². The van der Waals surface area contributed by atoms with Gasteiger partial charge in [0, 0.05) is 17.3 Å². The number of carbonyl (C=O) groups is 1. The van der Waals surface area contributed by atoms with Crippen LogP contribution in [0.3, 0.4) is 0 Å². The summed E-state index contributed by atoms with van der Waals surface area (Å²) in [6.45, 7) is 1.88. The lowest BCUT2D eigenvalue weighted by Gasteiger charge is -2.14. The number of halogens is 1. The molecule has 1 N–H and O–H groups in total. The highest BCUT2D eigenvalue weighted by Gasteiger charge is 2.31. The molecule has 2 aromatic heterocycles. The van der Waals surface area contributed by atoms with Gasteiger partial charge in [-0.2, -0.15) is 0 Å². The maximum Gasteiger partial charge on any atom is 0.237 e. The number of aromatic nitrogens is 3. The van der Waals surface area contributed by atoms with Crippen LogP contribution in [0.5, 0.6) is 0 Å². The van der Waals surface area contributed by atoms with Crippen LogP contribution < -0.4 is 5.32 Å². The largest absolute Gasteiger partial charge is 0.324 e. The maximum absolute atomic E-state index is 12.6. The van der Waals surface area contributed by atoms with E-state index in [1.165, 1.54) is 16.6 Å². The molecule has 0 aliphatic heterocycles. The topological polar surface area (TPSA) is 59.8 Å². The van der Waals surface area contributed by atoms with E-state index in [0.29, 0.717) is 16.8 Å². The highest BCUT2D eigenvalue weighted by atomic mass is 35.5. The monoisotopic (exact) mass is 418 g/mol. The summed E-state index contributed by atoms with van der Waals surface area (Å²) in [4.78, 5) is 13.9.